The van der Waals surface area contributed by atoms with Crippen molar-refractivity contribution in [3.8, 4) is 5.75 Å². The Bertz CT molecular complexity index is 515. The minimum Gasteiger partial charge on any atom is -0.483 e. The fourth-order valence-electron chi connectivity index (χ4n) is 1.36. The molecule has 4 N–H and O–H groups in total. The Hall–Kier alpha value is -2.57. The fourth-order valence-corrected chi connectivity index (χ4v) is 1.36. The third kappa shape index (κ3) is 4.60. The average molecular weight is 280 g/mol. The molecule has 1 aromatic rings. The summed E-state index contributed by atoms with van der Waals surface area (Å²) < 4.78 is 5.12. The van der Waals surface area contributed by atoms with Crippen molar-refractivity contribution < 1.29 is 24.2 Å². The molecule has 1 rings (SSSR count). The Kier molecular flexibility index (Phi) is 5.52. The first-order valence-electron chi connectivity index (χ1n) is 5.93. The molecule has 7 nitrogen and oxygen atoms in total. The molecule has 0 fully saturated rings. The molecule has 0 saturated carbocycles. The first kappa shape index (κ1) is 15.5. The highest BCUT2D eigenvalue weighted by Crippen LogP contribution is 2.17. The molecular weight excluding hydrogens is 264 g/mol. The summed E-state index contributed by atoms with van der Waals surface area (Å²) in [6.07, 6.45) is 0. The van der Waals surface area contributed by atoms with Crippen LogP contribution in [-0.2, 0) is 9.59 Å². The number of nitrogens with two attached hydrogens (primary N) is 1. The van der Waals surface area contributed by atoms with E-state index >= 15 is 0 Å². The van der Waals surface area contributed by atoms with Gasteiger partial charge in [-0.25, -0.2) is 0 Å². The van der Waals surface area contributed by atoms with Crippen molar-refractivity contribution in [3.05, 3.63) is 29.8 Å². The van der Waals surface area contributed by atoms with Gasteiger partial charge in [0.1, 0.15) is 5.75 Å². The number of carbonyl (C=O) groups excluding carboxylic acids is 2. The SMILES string of the molecule is CC(CNC(=O)c1ccccc1OCC(N)=O)C(=O)O. The topological polar surface area (TPSA) is 119 Å². The number of primary amides is 1. The highest BCUT2D eigenvalue weighted by atomic mass is 16.5. The van der Waals surface area contributed by atoms with Crippen LogP contribution in [0.1, 0.15) is 17.3 Å². The molecule has 0 aromatic heterocycles. The summed E-state index contributed by atoms with van der Waals surface area (Å²) >= 11 is 0. The largest absolute Gasteiger partial charge is 0.483 e. The molecule has 0 radical (unpaired) electrons. The first-order chi connectivity index (χ1) is 9.41. The van der Waals surface area contributed by atoms with Gasteiger partial charge in [-0.05, 0) is 12.1 Å². The number of benzene rings is 1. The van der Waals surface area contributed by atoms with E-state index in [1.807, 2.05) is 0 Å². The summed E-state index contributed by atoms with van der Waals surface area (Å²) in [6.45, 7) is 1.15. The number of ether oxygens (including phenoxy) is 1. The van der Waals surface area contributed by atoms with Gasteiger partial charge in [-0.3, -0.25) is 14.4 Å². The molecule has 1 aromatic carbocycles. The zero-order chi connectivity index (χ0) is 15.1. The monoisotopic (exact) mass is 280 g/mol. The predicted molar refractivity (Wildman–Crippen MR) is 70.3 cm³/mol. The Morgan fingerprint density at radius 2 is 2.00 bits per heavy atom. The summed E-state index contributed by atoms with van der Waals surface area (Å²) in [4.78, 5) is 33.3. The van der Waals surface area contributed by atoms with Gasteiger partial charge < -0.3 is 20.9 Å². The van der Waals surface area contributed by atoms with Gasteiger partial charge in [0.2, 0.25) is 0 Å². The number of hydrogen-bond acceptors (Lipinski definition) is 4. The van der Waals surface area contributed by atoms with E-state index in [2.05, 4.69) is 5.32 Å². The normalized spacial score (nSPS) is 11.4. The van der Waals surface area contributed by atoms with E-state index < -0.39 is 23.7 Å². The maximum absolute atomic E-state index is 11.9. The Morgan fingerprint density at radius 3 is 2.60 bits per heavy atom. The molecule has 1 unspecified atom stereocenters. The van der Waals surface area contributed by atoms with Gasteiger partial charge in [0.15, 0.2) is 6.61 Å². The number of amides is 2. The molecule has 1 atom stereocenters. The average Bonchev–Trinajstić information content (AvgIpc) is 2.42. The number of carbonyl (C=O) groups is 3. The highest BCUT2D eigenvalue weighted by Gasteiger charge is 2.16. The molecule has 108 valence electrons. The summed E-state index contributed by atoms with van der Waals surface area (Å²) in [5, 5.41) is 11.2. The number of carboxylic acids is 1. The minimum absolute atomic E-state index is 0.00167. The Labute approximate surface area is 115 Å². The standard InChI is InChI=1S/C13H16N2O5/c1-8(13(18)19)6-15-12(17)9-4-2-3-5-10(9)20-7-11(14)16/h2-5,8H,6-7H2,1H3,(H2,14,16)(H,15,17)(H,18,19). The van der Waals surface area contributed by atoms with Crippen molar-refractivity contribution in [1.82, 2.24) is 5.32 Å². The molecule has 0 aliphatic heterocycles. The van der Waals surface area contributed by atoms with Crippen molar-refractivity contribution in [3.63, 3.8) is 0 Å². The van der Waals surface area contributed by atoms with Crippen LogP contribution < -0.4 is 15.8 Å². The number of carboxylic acid groups (broad SMARTS) is 1. The van der Waals surface area contributed by atoms with Crippen LogP contribution in [0.15, 0.2) is 24.3 Å². The van der Waals surface area contributed by atoms with Crippen molar-refractivity contribution in [1.29, 1.82) is 0 Å². The molecule has 20 heavy (non-hydrogen) atoms. The van der Waals surface area contributed by atoms with E-state index in [0.29, 0.717) is 0 Å². The lowest BCUT2D eigenvalue weighted by atomic mass is 10.1. The summed E-state index contributed by atoms with van der Waals surface area (Å²) in [5.74, 6) is -2.61. The van der Waals surface area contributed by atoms with Gasteiger partial charge in [0.25, 0.3) is 11.8 Å². The number of para-hydroxylation sites is 1. The molecule has 0 bridgehead atoms. The lowest BCUT2D eigenvalue weighted by molar-refractivity contribution is -0.140. The van der Waals surface area contributed by atoms with Crippen LogP contribution in [-0.4, -0.2) is 36.0 Å². The summed E-state index contributed by atoms with van der Waals surface area (Å²) in [6, 6.07) is 6.31. The smallest absolute Gasteiger partial charge is 0.308 e. The maximum Gasteiger partial charge on any atom is 0.308 e. The molecule has 2 amide bonds. The van der Waals surface area contributed by atoms with Gasteiger partial charge in [0.05, 0.1) is 11.5 Å². The van der Waals surface area contributed by atoms with E-state index in [1.54, 1.807) is 12.1 Å². The van der Waals surface area contributed by atoms with Gasteiger partial charge in [-0.2, -0.15) is 0 Å². The lowest BCUT2D eigenvalue weighted by Gasteiger charge is -2.12. The number of nitrogens with one attached hydrogen (secondary N) is 1. The molecule has 7 heteroatoms. The van der Waals surface area contributed by atoms with E-state index in [4.69, 9.17) is 15.6 Å². The van der Waals surface area contributed by atoms with Crippen LogP contribution in [0.25, 0.3) is 0 Å². The van der Waals surface area contributed by atoms with E-state index in [9.17, 15) is 14.4 Å². The molecule has 0 heterocycles. The molecule has 0 spiro atoms. The van der Waals surface area contributed by atoms with Crippen LogP contribution in [0.2, 0.25) is 0 Å². The third-order valence-electron chi connectivity index (χ3n) is 2.49. The first-order valence-corrected chi connectivity index (χ1v) is 5.93. The molecule has 0 aliphatic rings. The quantitative estimate of drug-likeness (QED) is 0.649. The molecule has 0 aliphatic carbocycles. The lowest BCUT2D eigenvalue weighted by Crippen LogP contribution is -2.32. The molecular formula is C13H16N2O5. The second-order valence-electron chi connectivity index (χ2n) is 4.20. The minimum atomic E-state index is -0.997. The van der Waals surface area contributed by atoms with Crippen molar-refractivity contribution in [2.24, 2.45) is 11.7 Å². The van der Waals surface area contributed by atoms with Gasteiger partial charge in [-0.1, -0.05) is 19.1 Å². The highest BCUT2D eigenvalue weighted by molar-refractivity contribution is 5.97. The summed E-state index contributed by atoms with van der Waals surface area (Å²) in [5.41, 5.74) is 5.18. The Balaban J connectivity index is 2.72. The Morgan fingerprint density at radius 1 is 1.35 bits per heavy atom. The third-order valence-corrected chi connectivity index (χ3v) is 2.49. The van der Waals surface area contributed by atoms with Crippen molar-refractivity contribution in [2.45, 2.75) is 6.92 Å². The van der Waals surface area contributed by atoms with Gasteiger partial charge in [0, 0.05) is 6.54 Å². The number of aliphatic carboxylic acids is 1. The predicted octanol–water partition coefficient (Wildman–Crippen LogP) is 0.00120. The second-order valence-corrected chi connectivity index (χ2v) is 4.20. The van der Waals surface area contributed by atoms with Crippen LogP contribution in [0.5, 0.6) is 5.75 Å². The van der Waals surface area contributed by atoms with Crippen LogP contribution in [0.3, 0.4) is 0 Å². The van der Waals surface area contributed by atoms with E-state index in [0.717, 1.165) is 0 Å². The fraction of sp³-hybridized carbons (Fsp3) is 0.308. The van der Waals surface area contributed by atoms with Crippen LogP contribution in [0, 0.1) is 5.92 Å². The zero-order valence-electron chi connectivity index (χ0n) is 11.0. The molecule has 0 saturated heterocycles. The van der Waals surface area contributed by atoms with E-state index in [-0.39, 0.29) is 24.5 Å². The van der Waals surface area contributed by atoms with Crippen molar-refractivity contribution >= 4 is 17.8 Å². The summed E-state index contributed by atoms with van der Waals surface area (Å²) in [7, 11) is 0. The van der Waals surface area contributed by atoms with Gasteiger partial charge >= 0.3 is 5.97 Å². The van der Waals surface area contributed by atoms with Gasteiger partial charge in [-0.15, -0.1) is 0 Å². The second kappa shape index (κ2) is 7.13. The van der Waals surface area contributed by atoms with Crippen molar-refractivity contribution in [2.75, 3.05) is 13.2 Å². The number of hydrogen-bond donors (Lipinski definition) is 3. The zero-order valence-corrected chi connectivity index (χ0v) is 11.0. The number of rotatable bonds is 7. The van der Waals surface area contributed by atoms with Crippen LogP contribution >= 0.6 is 0 Å². The van der Waals surface area contributed by atoms with Crippen LogP contribution in [0.4, 0.5) is 0 Å². The maximum atomic E-state index is 11.9. The van der Waals surface area contributed by atoms with E-state index in [1.165, 1.54) is 19.1 Å².